The van der Waals surface area contributed by atoms with Gasteiger partial charge in [-0.05, 0) is 64.0 Å². The molecule has 0 spiro atoms. The second kappa shape index (κ2) is 15.0. The number of aliphatic carboxylic acids is 1. The number of ether oxygens (including phenoxy) is 2. The van der Waals surface area contributed by atoms with Crippen LogP contribution in [0.1, 0.15) is 68.9 Å². The average Bonchev–Trinajstić information content (AvgIpc) is 3.68. The third-order valence-electron chi connectivity index (χ3n) is 8.76. The first-order chi connectivity index (χ1) is 20.6. The zero-order chi connectivity index (χ0) is 31.1. The fourth-order valence-corrected chi connectivity index (χ4v) is 6.48. The number of rotatable bonds is 16. The van der Waals surface area contributed by atoms with Crippen molar-refractivity contribution in [1.82, 2.24) is 19.6 Å². The van der Waals surface area contributed by atoms with Crippen molar-refractivity contribution in [3.63, 3.8) is 0 Å². The smallest absolute Gasteiger partial charge is 0.308 e. The van der Waals surface area contributed by atoms with Crippen LogP contribution >= 0.6 is 0 Å². The second-order valence-electron chi connectivity index (χ2n) is 12.0. The van der Waals surface area contributed by atoms with Gasteiger partial charge in [-0.2, -0.15) is 0 Å². The number of carbonyl (C=O) groups excluding carboxylic acids is 3. The number of unbranched alkanes of at least 4 members (excludes halogenated alkanes) is 2. The first-order valence-electron chi connectivity index (χ1n) is 15.4. The molecule has 1 aromatic rings. The summed E-state index contributed by atoms with van der Waals surface area (Å²) in [5, 5.41) is 20.5. The number of aliphatic hydroxyl groups excluding tert-OH is 1. The normalized spacial score (nSPS) is 21.8. The lowest BCUT2D eigenvalue weighted by Crippen LogP contribution is -2.46. The third-order valence-corrected chi connectivity index (χ3v) is 8.76. The average molecular weight is 603 g/mol. The van der Waals surface area contributed by atoms with E-state index >= 15 is 0 Å². The summed E-state index contributed by atoms with van der Waals surface area (Å²) >= 11 is 0. The maximum atomic E-state index is 13.8. The van der Waals surface area contributed by atoms with Crippen molar-refractivity contribution in [2.24, 2.45) is 5.92 Å². The SMILES string of the molecule is CCCCN(CCCCN(C)C)C(=O)CN1C[C@H](c2cc(CO)c3c(c2)OCO3)[C@@H](C(=O)O)[C@@H]1CCN1C(=O)CCC1=O. The van der Waals surface area contributed by atoms with Gasteiger partial charge in [-0.1, -0.05) is 13.3 Å². The minimum Gasteiger partial charge on any atom is -0.481 e. The van der Waals surface area contributed by atoms with Crippen LogP contribution in [0.15, 0.2) is 12.1 Å². The van der Waals surface area contributed by atoms with E-state index in [9.17, 15) is 29.4 Å². The Morgan fingerprint density at radius 2 is 1.72 bits per heavy atom. The molecular weight excluding hydrogens is 556 g/mol. The van der Waals surface area contributed by atoms with Gasteiger partial charge in [-0.3, -0.25) is 29.0 Å². The lowest BCUT2D eigenvalue weighted by Gasteiger charge is -2.30. The van der Waals surface area contributed by atoms with Gasteiger partial charge >= 0.3 is 5.97 Å². The molecule has 12 heteroatoms. The Bertz CT molecular complexity index is 1160. The van der Waals surface area contributed by atoms with Crippen molar-refractivity contribution >= 4 is 23.7 Å². The molecule has 0 saturated carbocycles. The van der Waals surface area contributed by atoms with Crippen LogP contribution in [-0.2, 0) is 25.8 Å². The molecule has 238 valence electrons. The summed E-state index contributed by atoms with van der Waals surface area (Å²) in [7, 11) is 4.05. The molecule has 0 aromatic heterocycles. The minimum absolute atomic E-state index is 0.0160. The van der Waals surface area contributed by atoms with Gasteiger partial charge < -0.3 is 29.5 Å². The second-order valence-corrected chi connectivity index (χ2v) is 12.0. The molecule has 3 amide bonds. The van der Waals surface area contributed by atoms with E-state index in [1.165, 1.54) is 4.90 Å². The van der Waals surface area contributed by atoms with E-state index < -0.39 is 23.8 Å². The van der Waals surface area contributed by atoms with E-state index in [-0.39, 0.29) is 63.5 Å². The lowest BCUT2D eigenvalue weighted by atomic mass is 9.83. The van der Waals surface area contributed by atoms with Gasteiger partial charge in [-0.15, -0.1) is 0 Å². The fraction of sp³-hybridized carbons (Fsp3) is 0.677. The zero-order valence-corrected chi connectivity index (χ0v) is 25.6. The molecule has 3 aliphatic rings. The van der Waals surface area contributed by atoms with Crippen molar-refractivity contribution in [2.75, 3.05) is 60.2 Å². The summed E-state index contributed by atoms with van der Waals surface area (Å²) in [5.74, 6) is -2.08. The molecule has 0 aliphatic carbocycles. The number of carbonyl (C=O) groups is 4. The van der Waals surface area contributed by atoms with Crippen LogP contribution in [0.3, 0.4) is 0 Å². The molecule has 0 bridgehead atoms. The molecule has 0 unspecified atom stereocenters. The Morgan fingerprint density at radius 3 is 2.37 bits per heavy atom. The molecule has 4 rings (SSSR count). The predicted octanol–water partition coefficient (Wildman–Crippen LogP) is 1.89. The predicted molar refractivity (Wildman–Crippen MR) is 158 cm³/mol. The number of hydrogen-bond acceptors (Lipinski definition) is 9. The Morgan fingerprint density at radius 1 is 1.02 bits per heavy atom. The highest BCUT2D eigenvalue weighted by Gasteiger charge is 2.48. The van der Waals surface area contributed by atoms with Gasteiger partial charge in [-0.25, -0.2) is 0 Å². The number of nitrogens with zero attached hydrogens (tertiary/aromatic N) is 4. The summed E-state index contributed by atoms with van der Waals surface area (Å²) in [4.78, 5) is 58.5. The van der Waals surface area contributed by atoms with Crippen LogP contribution in [0.4, 0.5) is 0 Å². The molecular formula is C31H46N4O8. The van der Waals surface area contributed by atoms with Gasteiger partial charge in [0.05, 0.1) is 19.1 Å². The number of aliphatic hydroxyl groups is 1. The van der Waals surface area contributed by atoms with Crippen LogP contribution in [0.25, 0.3) is 0 Å². The standard InChI is InChI=1S/C31H46N4O8/c1-4-5-12-33(13-7-6-11-32(2)3)28(39)18-34-17-23(21-15-22(19-36)30-25(16-21)42-20-43-30)29(31(40)41)24(34)10-14-35-26(37)8-9-27(35)38/h15-16,23-24,29,36H,4-14,17-20H2,1-3H3,(H,40,41)/t23-,24+,29-/m1/s1. The highest BCUT2D eigenvalue weighted by atomic mass is 16.7. The lowest BCUT2D eigenvalue weighted by molar-refractivity contribution is -0.144. The van der Waals surface area contributed by atoms with E-state index in [4.69, 9.17) is 9.47 Å². The first-order valence-corrected chi connectivity index (χ1v) is 15.4. The molecule has 3 heterocycles. The van der Waals surface area contributed by atoms with Crippen LogP contribution in [0.2, 0.25) is 0 Å². The van der Waals surface area contributed by atoms with Crippen LogP contribution in [0, 0.1) is 5.92 Å². The van der Waals surface area contributed by atoms with E-state index in [0.29, 0.717) is 42.3 Å². The van der Waals surface area contributed by atoms with Gasteiger partial charge in [0, 0.05) is 56.5 Å². The number of benzene rings is 1. The van der Waals surface area contributed by atoms with E-state index in [1.54, 1.807) is 12.1 Å². The Balaban J connectivity index is 1.59. The highest BCUT2D eigenvalue weighted by molar-refractivity contribution is 6.01. The number of hydrogen-bond donors (Lipinski definition) is 2. The summed E-state index contributed by atoms with van der Waals surface area (Å²) in [6, 6.07) is 2.93. The van der Waals surface area contributed by atoms with Crippen molar-refractivity contribution in [2.45, 2.75) is 70.4 Å². The summed E-state index contributed by atoms with van der Waals surface area (Å²) in [6.07, 6.45) is 4.24. The summed E-state index contributed by atoms with van der Waals surface area (Å²) in [6.45, 7) is 4.46. The highest BCUT2D eigenvalue weighted by Crippen LogP contribution is 2.44. The van der Waals surface area contributed by atoms with Crippen molar-refractivity contribution in [3.8, 4) is 11.5 Å². The van der Waals surface area contributed by atoms with E-state index in [2.05, 4.69) is 11.8 Å². The summed E-state index contributed by atoms with van der Waals surface area (Å²) < 4.78 is 11.1. The molecule has 2 saturated heterocycles. The minimum atomic E-state index is -1.02. The maximum absolute atomic E-state index is 13.8. The molecule has 1 aromatic carbocycles. The fourth-order valence-electron chi connectivity index (χ4n) is 6.48. The first kappa shape index (κ1) is 32.7. The van der Waals surface area contributed by atoms with Gasteiger partial charge in [0.1, 0.15) is 0 Å². The molecule has 43 heavy (non-hydrogen) atoms. The molecule has 3 atom stereocenters. The Kier molecular flexibility index (Phi) is 11.4. The molecule has 3 aliphatic heterocycles. The number of imide groups is 1. The van der Waals surface area contributed by atoms with Gasteiger partial charge in [0.2, 0.25) is 24.5 Å². The van der Waals surface area contributed by atoms with Crippen molar-refractivity contribution in [3.05, 3.63) is 23.3 Å². The number of amides is 3. The van der Waals surface area contributed by atoms with Crippen LogP contribution < -0.4 is 9.47 Å². The number of likely N-dealkylation sites (tertiary alicyclic amines) is 2. The topological polar surface area (TPSA) is 140 Å². The van der Waals surface area contributed by atoms with E-state index in [0.717, 1.165) is 32.2 Å². The zero-order valence-electron chi connectivity index (χ0n) is 25.6. The molecule has 2 fully saturated rings. The van der Waals surface area contributed by atoms with Crippen molar-refractivity contribution < 1.29 is 38.9 Å². The third kappa shape index (κ3) is 7.84. The molecule has 0 radical (unpaired) electrons. The number of fused-ring (bicyclic) bond motifs is 1. The Hall–Kier alpha value is -3.22. The quantitative estimate of drug-likeness (QED) is 0.213. The van der Waals surface area contributed by atoms with Gasteiger partial charge in [0.25, 0.3) is 0 Å². The van der Waals surface area contributed by atoms with Crippen LogP contribution in [0.5, 0.6) is 11.5 Å². The monoisotopic (exact) mass is 602 g/mol. The van der Waals surface area contributed by atoms with Crippen molar-refractivity contribution in [1.29, 1.82) is 0 Å². The van der Waals surface area contributed by atoms with Gasteiger partial charge in [0.15, 0.2) is 11.5 Å². The van der Waals surface area contributed by atoms with Crippen LogP contribution in [-0.4, -0.2) is 120 Å². The maximum Gasteiger partial charge on any atom is 0.308 e. The summed E-state index contributed by atoms with van der Waals surface area (Å²) in [5.41, 5.74) is 1.19. The largest absolute Gasteiger partial charge is 0.481 e. The number of carboxylic acid groups (broad SMARTS) is 1. The van der Waals surface area contributed by atoms with E-state index in [1.807, 2.05) is 23.9 Å². The Labute approximate surface area is 253 Å². The molecule has 2 N–H and O–H groups in total. The number of carboxylic acids is 1. The molecule has 12 nitrogen and oxygen atoms in total.